The second kappa shape index (κ2) is 7.14. The van der Waals surface area contributed by atoms with Gasteiger partial charge < -0.3 is 10.2 Å². The number of nitrogens with one attached hydrogen (secondary N) is 1. The molecule has 0 aliphatic carbocycles. The van der Waals surface area contributed by atoms with Crippen LogP contribution in [-0.4, -0.2) is 35.7 Å². The van der Waals surface area contributed by atoms with Crippen LogP contribution in [0.15, 0.2) is 43.1 Å². The summed E-state index contributed by atoms with van der Waals surface area (Å²) in [6.45, 7) is 5.30. The third-order valence-corrected chi connectivity index (χ3v) is 4.36. The zero-order chi connectivity index (χ0) is 18.8. The van der Waals surface area contributed by atoms with Gasteiger partial charge in [0.1, 0.15) is 18.5 Å². The van der Waals surface area contributed by atoms with Crippen molar-refractivity contribution in [2.45, 2.75) is 33.4 Å². The quantitative estimate of drug-likeness (QED) is 0.770. The predicted octanol–water partition coefficient (Wildman–Crippen LogP) is 2.80. The Bertz CT molecular complexity index is 952. The molecule has 0 saturated heterocycles. The van der Waals surface area contributed by atoms with Crippen LogP contribution in [0.25, 0.3) is 5.69 Å². The molecular formula is C19H21N7O. The number of urea groups is 1. The second-order valence-corrected chi connectivity index (χ2v) is 7.03. The Balaban J connectivity index is 1.44. The summed E-state index contributed by atoms with van der Waals surface area (Å²) in [5.41, 5.74) is 3.48. The lowest BCUT2D eigenvalue weighted by atomic mass is 10.1. The molecule has 8 nitrogen and oxygen atoms in total. The minimum absolute atomic E-state index is 0.158. The van der Waals surface area contributed by atoms with Crippen LogP contribution in [0, 0.1) is 5.92 Å². The predicted molar refractivity (Wildman–Crippen MR) is 100 cm³/mol. The molecule has 8 heteroatoms. The first kappa shape index (κ1) is 17.1. The van der Waals surface area contributed by atoms with Gasteiger partial charge in [-0.1, -0.05) is 19.9 Å². The van der Waals surface area contributed by atoms with Crippen molar-refractivity contribution in [3.05, 3.63) is 60.2 Å². The number of rotatable bonds is 4. The fourth-order valence-corrected chi connectivity index (χ4v) is 3.07. The highest BCUT2D eigenvalue weighted by atomic mass is 16.2. The molecule has 2 aromatic heterocycles. The van der Waals surface area contributed by atoms with Crippen molar-refractivity contribution in [1.29, 1.82) is 0 Å². The Morgan fingerprint density at radius 2 is 2.19 bits per heavy atom. The molecule has 4 rings (SSSR count). The molecule has 1 N–H and O–H groups in total. The van der Waals surface area contributed by atoms with E-state index in [0.29, 0.717) is 24.7 Å². The number of amides is 2. The summed E-state index contributed by atoms with van der Waals surface area (Å²) in [4.78, 5) is 27.4. The summed E-state index contributed by atoms with van der Waals surface area (Å²) in [7, 11) is 0. The standard InChI is InChI=1S/C19H21N7O/c1-13(2)6-18-21-8-14-9-25(10-17(14)24-18)19(27)23-15-4-3-5-16(7-15)26-12-20-11-22-26/h3-5,7-8,11-13H,6,9-10H2,1-2H3,(H,23,27). The lowest BCUT2D eigenvalue weighted by Gasteiger charge is -2.16. The summed E-state index contributed by atoms with van der Waals surface area (Å²) in [6, 6.07) is 7.32. The average molecular weight is 363 g/mol. The lowest BCUT2D eigenvalue weighted by molar-refractivity contribution is 0.212. The zero-order valence-corrected chi connectivity index (χ0v) is 15.3. The summed E-state index contributed by atoms with van der Waals surface area (Å²) < 4.78 is 1.65. The number of nitrogens with zero attached hydrogens (tertiary/aromatic N) is 6. The first-order valence-corrected chi connectivity index (χ1v) is 8.93. The van der Waals surface area contributed by atoms with Crippen molar-refractivity contribution >= 4 is 11.7 Å². The molecule has 0 saturated carbocycles. The molecule has 138 valence electrons. The summed E-state index contributed by atoms with van der Waals surface area (Å²) >= 11 is 0. The van der Waals surface area contributed by atoms with E-state index in [-0.39, 0.29) is 6.03 Å². The molecule has 1 aromatic carbocycles. The van der Waals surface area contributed by atoms with E-state index < -0.39 is 0 Å². The molecule has 0 unspecified atom stereocenters. The normalized spacial score (nSPS) is 13.1. The number of hydrogen-bond donors (Lipinski definition) is 1. The molecule has 0 radical (unpaired) electrons. The molecule has 3 aromatic rings. The van der Waals surface area contributed by atoms with Crippen molar-refractivity contribution < 1.29 is 4.79 Å². The zero-order valence-electron chi connectivity index (χ0n) is 15.3. The van der Waals surface area contributed by atoms with Gasteiger partial charge in [-0.15, -0.1) is 0 Å². The van der Waals surface area contributed by atoms with E-state index in [1.807, 2.05) is 30.5 Å². The molecule has 0 atom stereocenters. The van der Waals surface area contributed by atoms with Gasteiger partial charge >= 0.3 is 6.03 Å². The highest BCUT2D eigenvalue weighted by Gasteiger charge is 2.25. The van der Waals surface area contributed by atoms with Crippen LogP contribution in [0.2, 0.25) is 0 Å². The highest BCUT2D eigenvalue weighted by Crippen LogP contribution is 2.22. The van der Waals surface area contributed by atoms with Gasteiger partial charge in [-0.25, -0.2) is 24.4 Å². The van der Waals surface area contributed by atoms with Gasteiger partial charge in [0.25, 0.3) is 0 Å². The largest absolute Gasteiger partial charge is 0.322 e. The number of fused-ring (bicyclic) bond motifs is 1. The average Bonchev–Trinajstić information content (AvgIpc) is 3.31. The Hall–Kier alpha value is -3.29. The van der Waals surface area contributed by atoms with Crippen LogP contribution in [0.4, 0.5) is 10.5 Å². The summed E-state index contributed by atoms with van der Waals surface area (Å²) in [6.07, 6.45) is 5.78. The Morgan fingerprint density at radius 1 is 1.30 bits per heavy atom. The first-order chi connectivity index (χ1) is 13.1. The van der Waals surface area contributed by atoms with E-state index in [1.54, 1.807) is 15.9 Å². The molecule has 3 heterocycles. The SMILES string of the molecule is CC(C)Cc1ncc2c(n1)CN(C(=O)Nc1cccc(-n3cncn3)c1)C2. The maximum Gasteiger partial charge on any atom is 0.322 e. The van der Waals surface area contributed by atoms with Gasteiger partial charge in [-0.2, -0.15) is 5.10 Å². The van der Waals surface area contributed by atoms with Crippen LogP contribution in [-0.2, 0) is 19.5 Å². The first-order valence-electron chi connectivity index (χ1n) is 8.93. The van der Waals surface area contributed by atoms with E-state index >= 15 is 0 Å². The fraction of sp³-hybridized carbons (Fsp3) is 0.316. The van der Waals surface area contributed by atoms with Gasteiger partial charge in [0.2, 0.25) is 0 Å². The summed E-state index contributed by atoms with van der Waals surface area (Å²) in [5.74, 6) is 1.34. The third-order valence-electron chi connectivity index (χ3n) is 4.36. The number of carbonyl (C=O) groups is 1. The Morgan fingerprint density at radius 3 is 2.96 bits per heavy atom. The number of hydrogen-bond acceptors (Lipinski definition) is 5. The number of carbonyl (C=O) groups excluding carboxylic acids is 1. The van der Waals surface area contributed by atoms with Gasteiger partial charge in [0, 0.05) is 23.9 Å². The van der Waals surface area contributed by atoms with Gasteiger partial charge in [0.15, 0.2) is 0 Å². The Kier molecular flexibility index (Phi) is 4.53. The van der Waals surface area contributed by atoms with Crippen molar-refractivity contribution in [3.8, 4) is 5.69 Å². The second-order valence-electron chi connectivity index (χ2n) is 7.03. The smallest absolute Gasteiger partial charge is 0.314 e. The maximum atomic E-state index is 12.7. The van der Waals surface area contributed by atoms with Crippen molar-refractivity contribution in [3.63, 3.8) is 0 Å². The van der Waals surface area contributed by atoms with Gasteiger partial charge in [-0.3, -0.25) is 0 Å². The van der Waals surface area contributed by atoms with Crippen LogP contribution >= 0.6 is 0 Å². The minimum atomic E-state index is -0.158. The van der Waals surface area contributed by atoms with Crippen LogP contribution < -0.4 is 5.32 Å². The Labute approximate surface area is 157 Å². The van der Waals surface area contributed by atoms with E-state index in [2.05, 4.69) is 39.2 Å². The summed E-state index contributed by atoms with van der Waals surface area (Å²) in [5, 5.41) is 7.05. The molecule has 0 fully saturated rings. The minimum Gasteiger partial charge on any atom is -0.314 e. The van der Waals surface area contributed by atoms with Crippen LogP contribution in [0.5, 0.6) is 0 Å². The third kappa shape index (κ3) is 3.79. The van der Waals surface area contributed by atoms with E-state index in [4.69, 9.17) is 0 Å². The number of benzene rings is 1. The fourth-order valence-electron chi connectivity index (χ4n) is 3.07. The van der Waals surface area contributed by atoms with Crippen molar-refractivity contribution in [2.75, 3.05) is 5.32 Å². The lowest BCUT2D eigenvalue weighted by Crippen LogP contribution is -2.30. The molecule has 27 heavy (non-hydrogen) atoms. The van der Waals surface area contributed by atoms with Crippen molar-refractivity contribution in [1.82, 2.24) is 29.6 Å². The monoisotopic (exact) mass is 363 g/mol. The van der Waals surface area contributed by atoms with E-state index in [1.165, 1.54) is 6.33 Å². The molecule has 1 aliphatic rings. The maximum absolute atomic E-state index is 12.7. The van der Waals surface area contributed by atoms with Gasteiger partial charge in [-0.05, 0) is 24.1 Å². The van der Waals surface area contributed by atoms with E-state index in [0.717, 1.165) is 29.2 Å². The van der Waals surface area contributed by atoms with Crippen molar-refractivity contribution in [2.24, 2.45) is 5.92 Å². The van der Waals surface area contributed by atoms with Gasteiger partial charge in [0.05, 0.1) is 24.5 Å². The topological polar surface area (TPSA) is 88.8 Å². The number of anilines is 1. The molecule has 2 amide bonds. The van der Waals surface area contributed by atoms with Crippen LogP contribution in [0.1, 0.15) is 30.9 Å². The highest BCUT2D eigenvalue weighted by molar-refractivity contribution is 5.89. The van der Waals surface area contributed by atoms with Crippen LogP contribution in [0.3, 0.4) is 0 Å². The molecular weight excluding hydrogens is 342 g/mol. The molecule has 1 aliphatic heterocycles. The molecule has 0 spiro atoms. The number of aromatic nitrogens is 5. The van der Waals surface area contributed by atoms with E-state index in [9.17, 15) is 4.79 Å². The molecule has 0 bridgehead atoms.